The Balaban J connectivity index is 1.92. The van der Waals surface area contributed by atoms with Crippen LogP contribution < -0.4 is 16.0 Å². The van der Waals surface area contributed by atoms with Crippen molar-refractivity contribution in [2.24, 2.45) is 5.92 Å². The molecule has 0 saturated carbocycles. The van der Waals surface area contributed by atoms with E-state index in [9.17, 15) is 42.3 Å². The second kappa shape index (κ2) is 35.9. The Morgan fingerprint density at radius 3 is 1.57 bits per heavy atom. The highest BCUT2D eigenvalue weighted by molar-refractivity contribution is 7.85. The molecule has 1 aromatic carbocycles. The second-order valence-electron chi connectivity index (χ2n) is 14.6. The van der Waals surface area contributed by atoms with Gasteiger partial charge >= 0.3 is 5.97 Å². The van der Waals surface area contributed by atoms with Crippen LogP contribution in [0.5, 0.6) is 0 Å². The molecule has 0 aliphatic rings. The summed E-state index contributed by atoms with van der Waals surface area (Å²) >= 11 is 0. The van der Waals surface area contributed by atoms with Crippen molar-refractivity contribution in [2.45, 2.75) is 116 Å². The number of carboxylic acids is 1. The zero-order chi connectivity index (χ0) is 44.1. The van der Waals surface area contributed by atoms with Gasteiger partial charge in [0.15, 0.2) is 0 Å². The third-order valence-corrected chi connectivity index (χ3v) is 10.2. The quantitative estimate of drug-likeness (QED) is 0.0352. The summed E-state index contributed by atoms with van der Waals surface area (Å²) in [6, 6.07) is 6.87. The number of unbranched alkanes of at least 4 members (excludes halogenated alkanes) is 12. The number of rotatable bonds is 41. The van der Waals surface area contributed by atoms with Gasteiger partial charge in [-0.05, 0) is 24.8 Å². The van der Waals surface area contributed by atoms with Gasteiger partial charge in [0.2, 0.25) is 17.7 Å². The minimum atomic E-state index is -3.84. The van der Waals surface area contributed by atoms with E-state index in [0.29, 0.717) is 24.9 Å². The van der Waals surface area contributed by atoms with Crippen molar-refractivity contribution < 1.29 is 65.8 Å². The summed E-state index contributed by atoms with van der Waals surface area (Å²) in [7, 11) is -3.84. The molecule has 17 nitrogen and oxygen atoms in total. The lowest BCUT2D eigenvalue weighted by Gasteiger charge is -2.12. The van der Waals surface area contributed by atoms with Crippen molar-refractivity contribution in [3.05, 3.63) is 35.4 Å². The summed E-state index contributed by atoms with van der Waals surface area (Å²) in [5.41, 5.74) is 1.43. The van der Waals surface area contributed by atoms with Gasteiger partial charge in [-0.15, -0.1) is 0 Å². The molecule has 0 saturated heterocycles. The molecule has 1 rings (SSSR count). The normalized spacial score (nSPS) is 11.8. The number of hydrogen-bond acceptors (Lipinski definition) is 12. The average molecular weight is 872 g/mol. The Kier molecular flexibility index (Phi) is 32.4. The first kappa shape index (κ1) is 54.2. The second-order valence-corrected chi connectivity index (χ2v) is 16.2. The van der Waals surface area contributed by atoms with E-state index in [0.717, 1.165) is 82.5 Å². The van der Waals surface area contributed by atoms with Crippen LogP contribution in [-0.2, 0) is 59.6 Å². The topological polar surface area (TPSA) is 250 Å². The molecule has 0 radical (unpaired) electrons. The smallest absolute Gasteiger partial charge is 0.306 e. The Hall–Kier alpha value is -3.81. The van der Waals surface area contributed by atoms with Gasteiger partial charge in [0.05, 0.1) is 51.3 Å². The molecule has 1 aromatic rings. The molecule has 60 heavy (non-hydrogen) atoms. The van der Waals surface area contributed by atoms with Gasteiger partial charge in [0.25, 0.3) is 10.1 Å². The van der Waals surface area contributed by atoms with Gasteiger partial charge in [-0.25, -0.2) is 0 Å². The van der Waals surface area contributed by atoms with E-state index in [1.165, 1.54) is 6.42 Å². The van der Waals surface area contributed by atoms with Crippen LogP contribution in [0.15, 0.2) is 24.3 Å². The lowest BCUT2D eigenvalue weighted by Crippen LogP contribution is -2.31. The first-order chi connectivity index (χ1) is 28.9. The van der Waals surface area contributed by atoms with Crippen LogP contribution in [-0.4, -0.2) is 126 Å². The van der Waals surface area contributed by atoms with Crippen LogP contribution >= 0.6 is 0 Å². The van der Waals surface area contributed by atoms with Crippen LogP contribution in [0.3, 0.4) is 0 Å². The van der Waals surface area contributed by atoms with Crippen molar-refractivity contribution in [1.29, 1.82) is 0 Å². The molecule has 0 unspecified atom stereocenters. The van der Waals surface area contributed by atoms with Crippen molar-refractivity contribution in [2.75, 3.05) is 71.7 Å². The van der Waals surface area contributed by atoms with Crippen LogP contribution in [0.25, 0.3) is 0 Å². The monoisotopic (exact) mass is 871 g/mol. The molecular weight excluding hydrogens is 803 g/mol. The van der Waals surface area contributed by atoms with E-state index in [1.54, 1.807) is 24.3 Å². The number of ketones is 1. The summed E-state index contributed by atoms with van der Waals surface area (Å²) in [5, 5.41) is 17.6. The molecule has 0 fully saturated rings. The number of hydrogen-bond donors (Lipinski definition) is 5. The lowest BCUT2D eigenvalue weighted by molar-refractivity contribution is -0.144. The van der Waals surface area contributed by atoms with Crippen LogP contribution in [0.4, 0.5) is 0 Å². The molecule has 1 atom stereocenters. The average Bonchev–Trinajstić information content (AvgIpc) is 3.21. The molecule has 0 bridgehead atoms. The number of benzene rings is 1. The number of amides is 3. The maximum Gasteiger partial charge on any atom is 0.306 e. The molecule has 18 heteroatoms. The zero-order valence-corrected chi connectivity index (χ0v) is 36.0. The number of carbonyl (C=O) groups excluding carboxylic acids is 5. The Morgan fingerprint density at radius 2 is 1.07 bits per heavy atom. The van der Waals surface area contributed by atoms with Crippen molar-refractivity contribution in [3.63, 3.8) is 0 Å². The minimum absolute atomic E-state index is 0.0145. The molecule has 0 aliphatic carbocycles. The molecule has 342 valence electrons. The maximum atomic E-state index is 12.4. The molecule has 5 N–H and O–H groups in total. The number of aldehydes is 1. The minimum Gasteiger partial charge on any atom is -0.481 e. The lowest BCUT2D eigenvalue weighted by atomic mass is 9.94. The standard InChI is InChI=1S/C42H69N3O14S/c46-32-36-17-15-35(16-18-36)31-45-41(50)34-59-28-26-57-24-22-44-40(49)33-58-27-25-56-23-21-43-39(48)20-19-37(42(51)52)30-38(47)14-12-10-8-6-4-2-1-3-5-7-9-11-13-29-60(53,54)55/h15-18,32,37H,1-14,19-31,33-34H2,(H,43,48)(H,44,49)(H,45,50)(H,51,52)(H,53,54,55)/t37-/m1/s1. The zero-order valence-electron chi connectivity index (χ0n) is 35.2. The summed E-state index contributed by atoms with van der Waals surface area (Å²) in [6.07, 6.45) is 14.0. The Morgan fingerprint density at radius 1 is 0.600 bits per heavy atom. The van der Waals surface area contributed by atoms with E-state index in [2.05, 4.69) is 16.0 Å². The van der Waals surface area contributed by atoms with Gasteiger partial charge in [-0.1, -0.05) is 94.9 Å². The van der Waals surface area contributed by atoms with Gasteiger partial charge in [-0.2, -0.15) is 8.42 Å². The van der Waals surface area contributed by atoms with E-state index in [-0.39, 0.29) is 114 Å². The number of Topliss-reactive ketones (excluding diaryl/α,β-unsaturated/α-hetero) is 1. The summed E-state index contributed by atoms with van der Waals surface area (Å²) in [6.45, 7) is 1.82. The number of aliphatic carboxylic acids is 1. The Bertz CT molecular complexity index is 1460. The third kappa shape index (κ3) is 34.0. The van der Waals surface area contributed by atoms with Gasteiger partial charge in [0, 0.05) is 44.5 Å². The highest BCUT2D eigenvalue weighted by Gasteiger charge is 2.22. The molecular formula is C42H69N3O14S. The SMILES string of the molecule is O=Cc1ccc(CNC(=O)COCCOCCNC(=O)COCCOCCNC(=O)CC[C@H](CC(=O)CCCCCCCCCCCCCCCS(=O)(=O)O)C(=O)O)cc1. The van der Waals surface area contributed by atoms with E-state index in [4.69, 9.17) is 23.5 Å². The van der Waals surface area contributed by atoms with E-state index < -0.39 is 22.0 Å². The van der Waals surface area contributed by atoms with Crippen LogP contribution in [0, 0.1) is 5.92 Å². The van der Waals surface area contributed by atoms with Crippen LogP contribution in [0.2, 0.25) is 0 Å². The number of nitrogens with one attached hydrogen (secondary N) is 3. The van der Waals surface area contributed by atoms with Crippen molar-refractivity contribution in [3.8, 4) is 0 Å². The van der Waals surface area contributed by atoms with Crippen molar-refractivity contribution >= 4 is 45.9 Å². The largest absolute Gasteiger partial charge is 0.481 e. The first-order valence-corrected chi connectivity index (χ1v) is 22.9. The Labute approximate surface area is 355 Å². The molecule has 3 amide bonds. The fourth-order valence-corrected chi connectivity index (χ4v) is 6.52. The first-order valence-electron chi connectivity index (χ1n) is 21.2. The summed E-state index contributed by atoms with van der Waals surface area (Å²) in [5.74, 6) is -3.17. The predicted molar refractivity (Wildman–Crippen MR) is 224 cm³/mol. The highest BCUT2D eigenvalue weighted by atomic mass is 32.2. The van der Waals surface area contributed by atoms with Crippen LogP contribution in [0.1, 0.15) is 125 Å². The predicted octanol–water partition coefficient (Wildman–Crippen LogP) is 4.20. The molecule has 0 spiro atoms. The summed E-state index contributed by atoms with van der Waals surface area (Å²) in [4.78, 5) is 70.8. The van der Waals surface area contributed by atoms with Gasteiger partial charge in [-0.3, -0.25) is 33.3 Å². The molecule has 0 heterocycles. The maximum absolute atomic E-state index is 12.4. The number of carbonyl (C=O) groups is 6. The molecule has 0 aliphatic heterocycles. The highest BCUT2D eigenvalue weighted by Crippen LogP contribution is 2.17. The van der Waals surface area contributed by atoms with E-state index in [1.807, 2.05) is 0 Å². The summed E-state index contributed by atoms with van der Waals surface area (Å²) < 4.78 is 51.4. The fourth-order valence-electron chi connectivity index (χ4n) is 5.95. The third-order valence-electron chi connectivity index (χ3n) is 9.35. The van der Waals surface area contributed by atoms with Gasteiger partial charge < -0.3 is 40.0 Å². The number of carboxylic acid groups (broad SMARTS) is 1. The number of ether oxygens (including phenoxy) is 4. The van der Waals surface area contributed by atoms with Gasteiger partial charge in [0.1, 0.15) is 25.3 Å². The van der Waals surface area contributed by atoms with E-state index >= 15 is 0 Å². The molecule has 0 aromatic heterocycles. The fraction of sp³-hybridized carbons (Fsp3) is 0.714. The van der Waals surface area contributed by atoms with Crippen molar-refractivity contribution in [1.82, 2.24) is 16.0 Å².